The Kier molecular flexibility index (Phi) is 4.86. The molecule has 0 saturated carbocycles. The van der Waals surface area contributed by atoms with Crippen LogP contribution in [-0.2, 0) is 6.54 Å². The molecule has 25 heavy (non-hydrogen) atoms. The first-order valence-corrected chi connectivity index (χ1v) is 7.42. The van der Waals surface area contributed by atoms with Gasteiger partial charge in [0.1, 0.15) is 12.4 Å². The number of aromatic nitrogens is 4. The van der Waals surface area contributed by atoms with E-state index in [0.29, 0.717) is 21.7 Å². The van der Waals surface area contributed by atoms with Crippen molar-refractivity contribution in [3.8, 4) is 23.1 Å². The summed E-state index contributed by atoms with van der Waals surface area (Å²) < 4.78 is 31.2. The maximum atomic E-state index is 12.6. The predicted octanol–water partition coefficient (Wildman–Crippen LogP) is 3.51. The minimum absolute atomic E-state index is 0.0423. The lowest BCUT2D eigenvalue weighted by atomic mass is 10.1. The van der Waals surface area contributed by atoms with Gasteiger partial charge in [0, 0.05) is 16.8 Å². The molecule has 0 amide bonds. The van der Waals surface area contributed by atoms with Crippen LogP contribution in [0.3, 0.4) is 0 Å². The van der Waals surface area contributed by atoms with Crippen molar-refractivity contribution in [1.29, 1.82) is 5.26 Å². The third-order valence-corrected chi connectivity index (χ3v) is 3.46. The Morgan fingerprint density at radius 1 is 1.28 bits per heavy atom. The van der Waals surface area contributed by atoms with Crippen LogP contribution in [-0.4, -0.2) is 26.4 Å². The Bertz CT molecular complexity index is 938. The van der Waals surface area contributed by atoms with Crippen LogP contribution in [0.25, 0.3) is 11.1 Å². The number of alkyl halides is 2. The van der Waals surface area contributed by atoms with Crippen molar-refractivity contribution in [2.24, 2.45) is 0 Å². The first kappa shape index (κ1) is 16.8. The Hall–Kier alpha value is -3.05. The molecular formula is C16H10ClF2N5O. The summed E-state index contributed by atoms with van der Waals surface area (Å²) >= 11 is 5.98. The van der Waals surface area contributed by atoms with Crippen LogP contribution in [0.4, 0.5) is 8.78 Å². The predicted molar refractivity (Wildman–Crippen MR) is 85.2 cm³/mol. The van der Waals surface area contributed by atoms with Crippen molar-refractivity contribution < 1.29 is 13.5 Å². The van der Waals surface area contributed by atoms with Gasteiger partial charge in [-0.3, -0.25) is 0 Å². The highest BCUT2D eigenvalue weighted by Crippen LogP contribution is 2.31. The van der Waals surface area contributed by atoms with Gasteiger partial charge < -0.3 is 4.74 Å². The van der Waals surface area contributed by atoms with Crippen LogP contribution in [0, 0.1) is 11.3 Å². The van der Waals surface area contributed by atoms with Crippen molar-refractivity contribution in [2.75, 3.05) is 0 Å². The van der Waals surface area contributed by atoms with Crippen LogP contribution in [0.1, 0.15) is 11.4 Å². The second-order valence-corrected chi connectivity index (χ2v) is 5.40. The van der Waals surface area contributed by atoms with E-state index in [1.807, 2.05) is 6.07 Å². The monoisotopic (exact) mass is 361 g/mol. The lowest BCUT2D eigenvalue weighted by molar-refractivity contribution is -0.0524. The summed E-state index contributed by atoms with van der Waals surface area (Å²) in [5, 5.41) is 13.2. The maximum absolute atomic E-state index is 12.6. The molecule has 9 heteroatoms. The number of halogens is 3. The molecule has 6 nitrogen and oxygen atoms in total. The largest absolute Gasteiger partial charge is 0.416 e. The Morgan fingerprint density at radius 2 is 2.12 bits per heavy atom. The third-order valence-electron chi connectivity index (χ3n) is 3.23. The van der Waals surface area contributed by atoms with E-state index in [-0.39, 0.29) is 18.2 Å². The molecule has 2 heterocycles. The first-order chi connectivity index (χ1) is 12.0. The zero-order chi connectivity index (χ0) is 17.8. The number of hydrogen-bond donors (Lipinski definition) is 0. The molecule has 0 fully saturated rings. The summed E-state index contributed by atoms with van der Waals surface area (Å²) in [6, 6.07) is 10.2. The van der Waals surface area contributed by atoms with Crippen LogP contribution < -0.4 is 4.74 Å². The third kappa shape index (κ3) is 4.08. The summed E-state index contributed by atoms with van der Waals surface area (Å²) in [6.45, 7) is -2.73. The number of rotatable bonds is 5. The van der Waals surface area contributed by atoms with E-state index in [2.05, 4.69) is 19.8 Å². The standard InChI is InChI=1S/C16H10ClF2N5O/c17-12-3-1-2-11(5-12)13-4-10(7-21-15(13)25-16(18)19)8-24-9-22-14(6-20)23-24/h1-5,7,9,16H,8H2. The van der Waals surface area contributed by atoms with E-state index in [0.717, 1.165) is 0 Å². The molecule has 1 aromatic carbocycles. The molecule has 0 spiro atoms. The van der Waals surface area contributed by atoms with Gasteiger partial charge in [0.2, 0.25) is 5.88 Å². The quantitative estimate of drug-likeness (QED) is 0.695. The number of benzene rings is 1. The average molecular weight is 362 g/mol. The minimum atomic E-state index is -3.00. The van der Waals surface area contributed by atoms with E-state index in [1.54, 1.807) is 30.3 Å². The molecule has 2 aromatic heterocycles. The summed E-state index contributed by atoms with van der Waals surface area (Å²) in [6.07, 6.45) is 2.81. The van der Waals surface area contributed by atoms with Gasteiger partial charge in [-0.1, -0.05) is 23.7 Å². The summed E-state index contributed by atoms with van der Waals surface area (Å²) in [7, 11) is 0. The molecule has 0 atom stereocenters. The van der Waals surface area contributed by atoms with Crippen molar-refractivity contribution in [3.05, 3.63) is 59.3 Å². The highest BCUT2D eigenvalue weighted by Gasteiger charge is 2.15. The van der Waals surface area contributed by atoms with Gasteiger partial charge in [-0.05, 0) is 29.3 Å². The molecular weight excluding hydrogens is 352 g/mol. The van der Waals surface area contributed by atoms with Gasteiger partial charge in [-0.25, -0.2) is 14.6 Å². The van der Waals surface area contributed by atoms with Crippen molar-refractivity contribution >= 4 is 11.6 Å². The van der Waals surface area contributed by atoms with Crippen LogP contribution >= 0.6 is 11.6 Å². The maximum Gasteiger partial charge on any atom is 0.388 e. The van der Waals surface area contributed by atoms with Gasteiger partial charge in [0.05, 0.1) is 6.54 Å². The Labute approximate surface area is 146 Å². The molecule has 0 radical (unpaired) electrons. The smallest absolute Gasteiger partial charge is 0.388 e. The highest BCUT2D eigenvalue weighted by molar-refractivity contribution is 6.30. The molecule has 0 aliphatic rings. The lowest BCUT2D eigenvalue weighted by Crippen LogP contribution is -2.07. The molecule has 0 saturated heterocycles. The fourth-order valence-corrected chi connectivity index (χ4v) is 2.42. The van der Waals surface area contributed by atoms with Gasteiger partial charge in [0.15, 0.2) is 0 Å². The number of ether oxygens (including phenoxy) is 1. The second-order valence-electron chi connectivity index (χ2n) is 4.96. The van der Waals surface area contributed by atoms with Crippen molar-refractivity contribution in [1.82, 2.24) is 19.7 Å². The molecule has 0 N–H and O–H groups in total. The van der Waals surface area contributed by atoms with E-state index in [9.17, 15) is 8.78 Å². The Balaban J connectivity index is 1.98. The fraction of sp³-hybridized carbons (Fsp3) is 0.125. The molecule has 126 valence electrons. The van der Waals surface area contributed by atoms with Gasteiger partial charge in [-0.15, -0.1) is 5.10 Å². The highest BCUT2D eigenvalue weighted by atomic mass is 35.5. The Morgan fingerprint density at radius 3 is 2.80 bits per heavy atom. The summed E-state index contributed by atoms with van der Waals surface area (Å²) in [5.74, 6) is -0.155. The summed E-state index contributed by atoms with van der Waals surface area (Å²) in [5.41, 5.74) is 1.64. The van der Waals surface area contributed by atoms with E-state index >= 15 is 0 Å². The zero-order valence-corrected chi connectivity index (χ0v) is 13.4. The van der Waals surface area contributed by atoms with E-state index in [4.69, 9.17) is 16.9 Å². The molecule has 3 rings (SSSR count). The van der Waals surface area contributed by atoms with Crippen LogP contribution in [0.5, 0.6) is 5.88 Å². The molecule has 0 unspecified atom stereocenters. The number of nitrogens with zero attached hydrogens (tertiary/aromatic N) is 5. The van der Waals surface area contributed by atoms with Gasteiger partial charge in [-0.2, -0.15) is 14.0 Å². The molecule has 0 aliphatic carbocycles. The van der Waals surface area contributed by atoms with E-state index < -0.39 is 6.61 Å². The fourth-order valence-electron chi connectivity index (χ4n) is 2.23. The topological polar surface area (TPSA) is 76.6 Å². The zero-order valence-electron chi connectivity index (χ0n) is 12.6. The van der Waals surface area contributed by atoms with Gasteiger partial charge in [0.25, 0.3) is 5.82 Å². The second kappa shape index (κ2) is 7.23. The molecule has 3 aromatic rings. The molecule has 0 aliphatic heterocycles. The van der Waals surface area contributed by atoms with Crippen molar-refractivity contribution in [2.45, 2.75) is 13.2 Å². The van der Waals surface area contributed by atoms with Crippen LogP contribution in [0.2, 0.25) is 5.02 Å². The number of pyridine rings is 1. The minimum Gasteiger partial charge on any atom is -0.416 e. The normalized spacial score (nSPS) is 10.7. The molecule has 0 bridgehead atoms. The van der Waals surface area contributed by atoms with Gasteiger partial charge >= 0.3 is 6.61 Å². The number of nitriles is 1. The number of hydrogen-bond acceptors (Lipinski definition) is 5. The average Bonchev–Trinajstić information content (AvgIpc) is 3.03. The SMILES string of the molecule is N#Cc1ncn(Cc2cnc(OC(F)F)c(-c3cccc(Cl)c3)c2)n1. The van der Waals surface area contributed by atoms with Crippen LogP contribution in [0.15, 0.2) is 42.9 Å². The van der Waals surface area contributed by atoms with E-state index in [1.165, 1.54) is 17.2 Å². The lowest BCUT2D eigenvalue weighted by Gasteiger charge is -2.12. The van der Waals surface area contributed by atoms with Crippen molar-refractivity contribution in [3.63, 3.8) is 0 Å². The first-order valence-electron chi connectivity index (χ1n) is 7.04. The summed E-state index contributed by atoms with van der Waals surface area (Å²) in [4.78, 5) is 7.79.